The second kappa shape index (κ2) is 8.18. The van der Waals surface area contributed by atoms with Crippen molar-refractivity contribution in [3.05, 3.63) is 27.1 Å². The van der Waals surface area contributed by atoms with Crippen molar-refractivity contribution in [1.29, 1.82) is 0 Å². The van der Waals surface area contributed by atoms with Gasteiger partial charge in [-0.3, -0.25) is 14.9 Å². The maximum absolute atomic E-state index is 12.2. The van der Waals surface area contributed by atoms with Gasteiger partial charge in [0.2, 0.25) is 11.0 Å². The van der Waals surface area contributed by atoms with Gasteiger partial charge in [-0.25, -0.2) is 4.98 Å². The third-order valence-electron chi connectivity index (χ3n) is 2.72. The van der Waals surface area contributed by atoms with E-state index in [0.717, 1.165) is 23.2 Å². The van der Waals surface area contributed by atoms with Crippen LogP contribution in [-0.2, 0) is 22.6 Å². The molecule has 0 aliphatic rings. The number of ether oxygens (including phenoxy) is 1. The number of thioether (sulfide) groups is 1. The molecular formula is C13H17N5O3S2. The summed E-state index contributed by atoms with van der Waals surface area (Å²) in [7, 11) is 1.53. The standard InChI is InChI=1S/C13H17N5O3S2/c1-4-10-17-18-13(23-10)16-11(20)7(2)22-12-14-8(6-21-3)5-9(19)15-12/h5,7H,4,6H2,1-3H3,(H,14,15,19)(H,16,18,20). The van der Waals surface area contributed by atoms with Crippen LogP contribution in [0, 0.1) is 0 Å². The lowest BCUT2D eigenvalue weighted by atomic mass is 10.4. The number of aromatic amines is 1. The summed E-state index contributed by atoms with van der Waals surface area (Å²) >= 11 is 2.50. The Morgan fingerprint density at radius 3 is 2.96 bits per heavy atom. The number of hydrogen-bond donors (Lipinski definition) is 2. The number of aromatic nitrogens is 4. The number of hydrogen-bond acceptors (Lipinski definition) is 8. The van der Waals surface area contributed by atoms with Crippen LogP contribution < -0.4 is 10.9 Å². The zero-order valence-corrected chi connectivity index (χ0v) is 14.6. The van der Waals surface area contributed by atoms with Crippen LogP contribution in [0.15, 0.2) is 16.0 Å². The van der Waals surface area contributed by atoms with E-state index in [1.165, 1.54) is 24.5 Å². The van der Waals surface area contributed by atoms with Crippen LogP contribution in [0.25, 0.3) is 0 Å². The lowest BCUT2D eigenvalue weighted by Gasteiger charge is -2.10. The van der Waals surface area contributed by atoms with Crippen LogP contribution in [-0.4, -0.2) is 38.4 Å². The normalized spacial score (nSPS) is 12.1. The molecule has 23 heavy (non-hydrogen) atoms. The van der Waals surface area contributed by atoms with E-state index in [4.69, 9.17) is 4.74 Å². The second-order valence-electron chi connectivity index (χ2n) is 4.58. The van der Waals surface area contributed by atoms with E-state index in [0.29, 0.717) is 16.0 Å². The highest BCUT2D eigenvalue weighted by atomic mass is 32.2. The minimum absolute atomic E-state index is 0.228. The maximum atomic E-state index is 12.2. The zero-order valence-electron chi connectivity index (χ0n) is 13.0. The molecule has 2 N–H and O–H groups in total. The van der Waals surface area contributed by atoms with Crippen molar-refractivity contribution >= 4 is 34.1 Å². The molecule has 2 aromatic rings. The van der Waals surface area contributed by atoms with Crippen molar-refractivity contribution in [2.24, 2.45) is 0 Å². The minimum atomic E-state index is -0.454. The number of anilines is 1. The lowest BCUT2D eigenvalue weighted by molar-refractivity contribution is -0.115. The second-order valence-corrected chi connectivity index (χ2v) is 6.97. The summed E-state index contributed by atoms with van der Waals surface area (Å²) in [6.45, 7) is 3.94. The SMILES string of the molecule is CCc1nnc(NC(=O)C(C)Sc2nc(COC)cc(=O)[nH]2)s1. The van der Waals surface area contributed by atoms with E-state index >= 15 is 0 Å². The monoisotopic (exact) mass is 355 g/mol. The fourth-order valence-corrected chi connectivity index (χ4v) is 3.15. The van der Waals surface area contributed by atoms with Crippen molar-refractivity contribution in [2.45, 2.75) is 37.3 Å². The molecule has 2 rings (SSSR count). The molecule has 1 unspecified atom stereocenters. The largest absolute Gasteiger partial charge is 0.378 e. The van der Waals surface area contributed by atoms with Crippen LogP contribution in [0.4, 0.5) is 5.13 Å². The smallest absolute Gasteiger partial charge is 0.251 e. The number of nitrogens with zero attached hydrogens (tertiary/aromatic N) is 3. The van der Waals surface area contributed by atoms with Gasteiger partial charge in [-0.2, -0.15) is 0 Å². The zero-order chi connectivity index (χ0) is 16.8. The average molecular weight is 355 g/mol. The van der Waals surface area contributed by atoms with E-state index < -0.39 is 5.25 Å². The summed E-state index contributed by atoms with van der Waals surface area (Å²) in [5.41, 5.74) is 0.238. The molecule has 10 heteroatoms. The van der Waals surface area contributed by atoms with E-state index in [1.54, 1.807) is 6.92 Å². The van der Waals surface area contributed by atoms with Crippen molar-refractivity contribution < 1.29 is 9.53 Å². The highest BCUT2D eigenvalue weighted by molar-refractivity contribution is 8.00. The molecule has 2 aromatic heterocycles. The Hall–Kier alpha value is -1.78. The van der Waals surface area contributed by atoms with E-state index in [2.05, 4.69) is 25.5 Å². The Balaban J connectivity index is 2.01. The molecule has 0 spiro atoms. The molecule has 1 atom stereocenters. The van der Waals surface area contributed by atoms with Crippen molar-refractivity contribution in [3.63, 3.8) is 0 Å². The first-order valence-electron chi connectivity index (χ1n) is 6.91. The van der Waals surface area contributed by atoms with Crippen LogP contribution in [0.5, 0.6) is 0 Å². The first-order valence-corrected chi connectivity index (χ1v) is 8.60. The average Bonchev–Trinajstić information content (AvgIpc) is 2.94. The predicted octanol–water partition coefficient (Wildman–Crippen LogP) is 1.45. The van der Waals surface area contributed by atoms with Gasteiger partial charge < -0.3 is 9.72 Å². The molecule has 0 saturated heterocycles. The van der Waals surface area contributed by atoms with Gasteiger partial charge in [0.1, 0.15) is 5.01 Å². The van der Waals surface area contributed by atoms with Crippen LogP contribution >= 0.6 is 23.1 Å². The van der Waals surface area contributed by atoms with E-state index in [1.807, 2.05) is 6.92 Å². The first-order chi connectivity index (χ1) is 11.0. The summed E-state index contributed by atoms with van der Waals surface area (Å²) in [4.78, 5) is 30.6. The van der Waals surface area contributed by atoms with Gasteiger partial charge in [0.05, 0.1) is 17.6 Å². The molecule has 0 bridgehead atoms. The van der Waals surface area contributed by atoms with Gasteiger partial charge in [0.25, 0.3) is 5.56 Å². The van der Waals surface area contributed by atoms with Crippen molar-refractivity contribution in [1.82, 2.24) is 20.2 Å². The highest BCUT2D eigenvalue weighted by Crippen LogP contribution is 2.21. The van der Waals surface area contributed by atoms with Crippen LogP contribution in [0.3, 0.4) is 0 Å². The maximum Gasteiger partial charge on any atom is 0.251 e. The first kappa shape index (κ1) is 17.6. The van der Waals surface area contributed by atoms with Crippen molar-refractivity contribution in [2.75, 3.05) is 12.4 Å². The fraction of sp³-hybridized carbons (Fsp3) is 0.462. The van der Waals surface area contributed by atoms with Gasteiger partial charge in [-0.05, 0) is 13.3 Å². The molecule has 0 fully saturated rings. The Bertz CT molecular complexity index is 730. The van der Waals surface area contributed by atoms with Crippen LogP contribution in [0.2, 0.25) is 0 Å². The number of rotatable bonds is 7. The van der Waals surface area contributed by atoms with Gasteiger partial charge in [-0.1, -0.05) is 30.0 Å². The third kappa shape index (κ3) is 5.12. The predicted molar refractivity (Wildman–Crippen MR) is 88.8 cm³/mol. The fourth-order valence-electron chi connectivity index (χ4n) is 1.64. The molecular weight excluding hydrogens is 338 g/mol. The van der Waals surface area contributed by atoms with Crippen molar-refractivity contribution in [3.8, 4) is 0 Å². The molecule has 8 nitrogen and oxygen atoms in total. The summed E-state index contributed by atoms with van der Waals surface area (Å²) in [5.74, 6) is -0.228. The molecule has 0 aromatic carbocycles. The Morgan fingerprint density at radius 2 is 2.30 bits per heavy atom. The number of H-pyrrole nitrogens is 1. The number of nitrogens with one attached hydrogen (secondary N) is 2. The summed E-state index contributed by atoms with van der Waals surface area (Å²) in [6.07, 6.45) is 0.773. The highest BCUT2D eigenvalue weighted by Gasteiger charge is 2.18. The quantitative estimate of drug-likeness (QED) is 0.571. The number of aryl methyl sites for hydroxylation is 1. The van der Waals surface area contributed by atoms with E-state index in [-0.39, 0.29) is 18.1 Å². The van der Waals surface area contributed by atoms with Gasteiger partial charge in [-0.15, -0.1) is 10.2 Å². The molecule has 2 heterocycles. The molecule has 1 amide bonds. The number of amides is 1. The molecule has 0 saturated carbocycles. The molecule has 0 aliphatic carbocycles. The molecule has 0 radical (unpaired) electrons. The molecule has 124 valence electrons. The summed E-state index contributed by atoms with van der Waals surface area (Å²) < 4.78 is 4.96. The Labute approximate surface area is 141 Å². The van der Waals surface area contributed by atoms with E-state index in [9.17, 15) is 9.59 Å². The minimum Gasteiger partial charge on any atom is -0.378 e. The number of methoxy groups -OCH3 is 1. The summed E-state index contributed by atoms with van der Waals surface area (Å²) in [5, 5.41) is 11.8. The number of carbonyl (C=O) groups is 1. The summed E-state index contributed by atoms with van der Waals surface area (Å²) in [6, 6.07) is 1.37. The van der Waals surface area contributed by atoms with Gasteiger partial charge in [0, 0.05) is 13.2 Å². The molecule has 0 aliphatic heterocycles. The van der Waals surface area contributed by atoms with Gasteiger partial charge >= 0.3 is 0 Å². The topological polar surface area (TPSA) is 110 Å². The Morgan fingerprint density at radius 1 is 1.52 bits per heavy atom. The van der Waals surface area contributed by atoms with Crippen LogP contribution in [0.1, 0.15) is 24.5 Å². The van der Waals surface area contributed by atoms with Gasteiger partial charge in [0.15, 0.2) is 5.16 Å². The third-order valence-corrected chi connectivity index (χ3v) is 4.69. The Kier molecular flexibility index (Phi) is 6.25. The number of carbonyl (C=O) groups excluding carboxylic acids is 1. The lowest BCUT2D eigenvalue weighted by Crippen LogP contribution is -2.23.